The Labute approximate surface area is 138 Å². The van der Waals surface area contributed by atoms with Crippen molar-refractivity contribution in [2.24, 2.45) is 0 Å². The minimum absolute atomic E-state index is 0.00678. The molecule has 1 heterocycles. The highest BCUT2D eigenvalue weighted by atomic mass is 32.2. The van der Waals surface area contributed by atoms with Crippen LogP contribution < -0.4 is 5.32 Å². The van der Waals surface area contributed by atoms with E-state index >= 15 is 0 Å². The summed E-state index contributed by atoms with van der Waals surface area (Å²) in [6.45, 7) is 3.04. The molecule has 1 aromatic carbocycles. The van der Waals surface area contributed by atoms with E-state index in [0.29, 0.717) is 10.9 Å². The number of para-hydroxylation sites is 1. The van der Waals surface area contributed by atoms with Gasteiger partial charge in [0.15, 0.2) is 0 Å². The summed E-state index contributed by atoms with van der Waals surface area (Å²) in [6, 6.07) is 6.48. The maximum absolute atomic E-state index is 11.5. The molecule has 0 atom stereocenters. The van der Waals surface area contributed by atoms with Crippen LogP contribution in [0.1, 0.15) is 19.5 Å². The highest BCUT2D eigenvalue weighted by Crippen LogP contribution is 2.35. The highest BCUT2D eigenvalue weighted by molar-refractivity contribution is 7.85. The van der Waals surface area contributed by atoms with Crippen LogP contribution in [0, 0.1) is 10.1 Å². The Hall–Kier alpha value is -2.30. The summed E-state index contributed by atoms with van der Waals surface area (Å²) < 4.78 is 31.4. The number of pyridine rings is 1. The number of rotatable bonds is 6. The third-order valence-electron chi connectivity index (χ3n) is 3.14. The summed E-state index contributed by atoms with van der Waals surface area (Å²) in [4.78, 5) is 14.7. The van der Waals surface area contributed by atoms with Crippen molar-refractivity contribution in [3.8, 4) is 0 Å². The van der Waals surface area contributed by atoms with Crippen molar-refractivity contribution in [1.82, 2.24) is 4.98 Å². The van der Waals surface area contributed by atoms with Crippen LogP contribution in [0.4, 0.5) is 11.4 Å². The van der Waals surface area contributed by atoms with Gasteiger partial charge in [0.1, 0.15) is 17.1 Å². The first-order valence-electron chi connectivity index (χ1n) is 6.95. The third-order valence-corrected chi connectivity index (χ3v) is 3.78. The van der Waals surface area contributed by atoms with Crippen molar-refractivity contribution in [2.45, 2.75) is 25.2 Å². The average molecular weight is 355 g/mol. The van der Waals surface area contributed by atoms with E-state index in [2.05, 4.69) is 10.3 Å². The van der Waals surface area contributed by atoms with Gasteiger partial charge in [0, 0.05) is 11.9 Å². The zero-order chi connectivity index (χ0) is 18.1. The zero-order valence-corrected chi connectivity index (χ0v) is 13.9. The molecule has 0 amide bonds. The Morgan fingerprint density at radius 3 is 2.50 bits per heavy atom. The summed E-state index contributed by atoms with van der Waals surface area (Å²) in [5.74, 6) is -0.981. The second-order valence-corrected chi connectivity index (χ2v) is 7.40. The van der Waals surface area contributed by atoms with Gasteiger partial charge in [-0.3, -0.25) is 14.7 Å². The van der Waals surface area contributed by atoms with Gasteiger partial charge in [-0.25, -0.2) is 4.98 Å². The Morgan fingerprint density at radius 2 is 1.96 bits per heavy atom. The van der Waals surface area contributed by atoms with E-state index in [-0.39, 0.29) is 17.9 Å². The molecule has 2 rings (SSSR count). The fourth-order valence-electron chi connectivity index (χ4n) is 2.21. The number of fused-ring (bicyclic) bond motifs is 1. The van der Waals surface area contributed by atoms with Gasteiger partial charge >= 0.3 is 5.69 Å². The third kappa shape index (κ3) is 4.37. The van der Waals surface area contributed by atoms with Crippen molar-refractivity contribution in [3.05, 3.63) is 40.1 Å². The Kier molecular flexibility index (Phi) is 4.74. The number of hydrogen-bond acceptors (Lipinski definition) is 7. The predicted octanol–water partition coefficient (Wildman–Crippen LogP) is 1.71. The van der Waals surface area contributed by atoms with Gasteiger partial charge in [0.2, 0.25) is 0 Å². The van der Waals surface area contributed by atoms with E-state index < -0.39 is 32.1 Å². The molecular formula is C14H17N3O6S. The van der Waals surface area contributed by atoms with E-state index in [1.54, 1.807) is 24.3 Å². The summed E-state index contributed by atoms with van der Waals surface area (Å²) in [6.07, 6.45) is 0. The molecule has 0 aliphatic rings. The molecule has 0 saturated carbocycles. The molecule has 130 valence electrons. The maximum Gasteiger partial charge on any atom is 0.315 e. The number of benzene rings is 1. The normalized spacial score (nSPS) is 12.3. The van der Waals surface area contributed by atoms with Crippen LogP contribution in [0.5, 0.6) is 0 Å². The van der Waals surface area contributed by atoms with Crippen LogP contribution in [0.15, 0.2) is 24.3 Å². The summed E-state index contributed by atoms with van der Waals surface area (Å²) >= 11 is 0. The molecule has 0 unspecified atom stereocenters. The molecule has 24 heavy (non-hydrogen) atoms. The second kappa shape index (κ2) is 6.30. The topological polar surface area (TPSA) is 143 Å². The first-order chi connectivity index (χ1) is 11.0. The Morgan fingerprint density at radius 1 is 1.33 bits per heavy atom. The molecule has 0 aliphatic heterocycles. The van der Waals surface area contributed by atoms with Crippen molar-refractivity contribution in [2.75, 3.05) is 11.9 Å². The van der Waals surface area contributed by atoms with E-state index in [0.717, 1.165) is 0 Å². The fourth-order valence-corrected chi connectivity index (χ4v) is 2.75. The molecule has 3 N–H and O–H groups in total. The summed E-state index contributed by atoms with van der Waals surface area (Å²) in [7, 11) is -4.51. The van der Waals surface area contributed by atoms with Crippen LogP contribution in [0.3, 0.4) is 0 Å². The number of hydrogen-bond donors (Lipinski definition) is 3. The van der Waals surface area contributed by atoms with Gasteiger partial charge in [-0.15, -0.1) is 0 Å². The molecule has 0 saturated heterocycles. The van der Waals surface area contributed by atoms with E-state index in [1.165, 1.54) is 13.8 Å². The van der Waals surface area contributed by atoms with Crippen LogP contribution in [-0.2, 0) is 15.9 Å². The number of anilines is 1. The molecule has 0 bridgehead atoms. The lowest BCUT2D eigenvalue weighted by molar-refractivity contribution is -0.384. The lowest BCUT2D eigenvalue weighted by Gasteiger charge is -2.20. The summed E-state index contributed by atoms with van der Waals surface area (Å²) in [5.41, 5.74) is -1.69. The van der Waals surface area contributed by atoms with Crippen molar-refractivity contribution in [1.29, 1.82) is 0 Å². The van der Waals surface area contributed by atoms with E-state index in [4.69, 9.17) is 4.55 Å². The quantitative estimate of drug-likeness (QED) is 0.404. The molecule has 10 heteroatoms. The van der Waals surface area contributed by atoms with Gasteiger partial charge in [-0.1, -0.05) is 18.2 Å². The SMILES string of the molecule is CC(C)(O)CNc1c([N+](=O)[O-])c(CS(=O)(=O)O)nc2ccccc12. The fraction of sp³-hybridized carbons (Fsp3) is 0.357. The molecule has 1 aromatic heterocycles. The number of nitrogens with zero attached hydrogens (tertiary/aromatic N) is 2. The first-order valence-corrected chi connectivity index (χ1v) is 8.56. The van der Waals surface area contributed by atoms with Crippen molar-refractivity contribution >= 4 is 32.4 Å². The van der Waals surface area contributed by atoms with Gasteiger partial charge in [-0.05, 0) is 19.9 Å². The molecule has 0 aliphatic carbocycles. The average Bonchev–Trinajstić information content (AvgIpc) is 2.41. The van der Waals surface area contributed by atoms with Crippen LogP contribution in [0.25, 0.3) is 10.9 Å². The molecule has 0 spiro atoms. The van der Waals surface area contributed by atoms with Crippen LogP contribution >= 0.6 is 0 Å². The van der Waals surface area contributed by atoms with Crippen molar-refractivity contribution < 1.29 is 23.0 Å². The number of nitro groups is 1. The molecule has 0 fully saturated rings. The van der Waals surface area contributed by atoms with Gasteiger partial charge in [0.05, 0.1) is 16.0 Å². The molecular weight excluding hydrogens is 338 g/mol. The molecule has 9 nitrogen and oxygen atoms in total. The first kappa shape index (κ1) is 18.0. The predicted molar refractivity (Wildman–Crippen MR) is 88.4 cm³/mol. The zero-order valence-electron chi connectivity index (χ0n) is 13.1. The van der Waals surface area contributed by atoms with Gasteiger partial charge in [0.25, 0.3) is 10.1 Å². The van der Waals surface area contributed by atoms with Gasteiger partial charge < -0.3 is 10.4 Å². The second-order valence-electron chi connectivity index (χ2n) is 5.95. The van der Waals surface area contributed by atoms with Crippen molar-refractivity contribution in [3.63, 3.8) is 0 Å². The molecule has 0 radical (unpaired) electrons. The number of aliphatic hydroxyl groups is 1. The number of nitrogens with one attached hydrogen (secondary N) is 1. The largest absolute Gasteiger partial charge is 0.389 e. The van der Waals surface area contributed by atoms with E-state index in [1.807, 2.05) is 0 Å². The smallest absolute Gasteiger partial charge is 0.315 e. The Bertz CT molecular complexity index is 889. The monoisotopic (exact) mass is 355 g/mol. The Balaban J connectivity index is 2.73. The van der Waals surface area contributed by atoms with E-state index in [9.17, 15) is 23.6 Å². The highest BCUT2D eigenvalue weighted by Gasteiger charge is 2.28. The van der Waals surface area contributed by atoms with Crippen LogP contribution in [0.2, 0.25) is 0 Å². The van der Waals surface area contributed by atoms with Gasteiger partial charge in [-0.2, -0.15) is 8.42 Å². The standard InChI is InChI=1S/C14H17N3O6S/c1-14(2,18)8-15-12-9-5-3-4-6-10(9)16-11(7-24(21,22)23)13(12)17(19)20/h3-6,18H,7-8H2,1-2H3,(H,15,16)(H,21,22,23). The lowest BCUT2D eigenvalue weighted by Crippen LogP contribution is -2.29. The maximum atomic E-state index is 11.5. The minimum atomic E-state index is -4.51. The molecule has 2 aromatic rings. The lowest BCUT2D eigenvalue weighted by atomic mass is 10.1. The summed E-state index contributed by atoms with van der Waals surface area (Å²) in [5, 5.41) is 24.5. The number of aromatic nitrogens is 1. The minimum Gasteiger partial charge on any atom is -0.389 e. The van der Waals surface area contributed by atoms with Crippen LogP contribution in [-0.4, -0.2) is 40.1 Å².